The molecule has 0 radical (unpaired) electrons. The Bertz CT molecular complexity index is 1100. The van der Waals surface area contributed by atoms with Crippen molar-refractivity contribution in [1.82, 2.24) is 10.3 Å². The van der Waals surface area contributed by atoms with E-state index in [0.29, 0.717) is 17.5 Å². The standard InChI is InChI=1S/C18H14F3N3O4S/c19-18(20,21)12-2-1-3-16(8-12)29(26,27)15-6-4-13(5-7-15)24-17(25)23-10-14-9-22-11-28-14/h1-9,11H,10H2,(H2,23,24,25). The van der Waals surface area contributed by atoms with E-state index in [1.54, 1.807) is 0 Å². The summed E-state index contributed by atoms with van der Waals surface area (Å²) in [5.41, 5.74) is -0.761. The second kappa shape index (κ2) is 7.95. The van der Waals surface area contributed by atoms with Gasteiger partial charge in [0.15, 0.2) is 6.39 Å². The molecule has 0 saturated heterocycles. The molecule has 0 atom stereocenters. The molecule has 7 nitrogen and oxygen atoms in total. The normalized spacial score (nSPS) is 11.8. The summed E-state index contributed by atoms with van der Waals surface area (Å²) in [6.45, 7) is 0.105. The molecule has 1 heterocycles. The van der Waals surface area contributed by atoms with Gasteiger partial charge in [-0.15, -0.1) is 0 Å². The molecule has 0 aliphatic carbocycles. The number of sulfone groups is 1. The highest BCUT2D eigenvalue weighted by Gasteiger charge is 2.32. The van der Waals surface area contributed by atoms with Gasteiger partial charge in [-0.3, -0.25) is 0 Å². The summed E-state index contributed by atoms with van der Waals surface area (Å²) in [5, 5.41) is 5.01. The average molecular weight is 425 g/mol. The van der Waals surface area contributed by atoms with Crippen LogP contribution in [-0.2, 0) is 22.6 Å². The molecular formula is C18H14F3N3O4S. The molecule has 0 aliphatic heterocycles. The van der Waals surface area contributed by atoms with E-state index in [1.807, 2.05) is 0 Å². The Morgan fingerprint density at radius 3 is 2.41 bits per heavy atom. The molecule has 2 N–H and O–H groups in total. The van der Waals surface area contributed by atoms with Crippen LogP contribution in [0, 0.1) is 0 Å². The van der Waals surface area contributed by atoms with E-state index in [0.717, 1.165) is 18.2 Å². The van der Waals surface area contributed by atoms with Gasteiger partial charge in [-0.05, 0) is 42.5 Å². The third-order valence-electron chi connectivity index (χ3n) is 3.80. The molecule has 0 aliphatic rings. The first-order valence-corrected chi connectivity index (χ1v) is 9.59. The van der Waals surface area contributed by atoms with Crippen molar-refractivity contribution in [3.05, 3.63) is 72.4 Å². The number of carbonyl (C=O) groups is 1. The van der Waals surface area contributed by atoms with E-state index in [4.69, 9.17) is 4.42 Å². The van der Waals surface area contributed by atoms with Gasteiger partial charge in [0, 0.05) is 5.69 Å². The molecule has 1 aromatic heterocycles. The molecule has 3 aromatic rings. The molecule has 2 amide bonds. The highest BCUT2D eigenvalue weighted by molar-refractivity contribution is 7.91. The van der Waals surface area contributed by atoms with Crippen molar-refractivity contribution in [1.29, 1.82) is 0 Å². The summed E-state index contributed by atoms with van der Waals surface area (Å²) in [5.74, 6) is 0.447. The Morgan fingerprint density at radius 2 is 1.79 bits per heavy atom. The van der Waals surface area contributed by atoms with Gasteiger partial charge in [0.1, 0.15) is 5.76 Å². The van der Waals surface area contributed by atoms with Gasteiger partial charge in [0.25, 0.3) is 0 Å². The number of aromatic nitrogens is 1. The van der Waals surface area contributed by atoms with Gasteiger partial charge in [-0.25, -0.2) is 18.2 Å². The fourth-order valence-corrected chi connectivity index (χ4v) is 3.67. The first kappa shape index (κ1) is 20.4. The summed E-state index contributed by atoms with van der Waals surface area (Å²) < 4.78 is 68.7. The monoisotopic (exact) mass is 425 g/mol. The first-order valence-electron chi connectivity index (χ1n) is 8.11. The van der Waals surface area contributed by atoms with Crippen LogP contribution >= 0.6 is 0 Å². The number of nitrogens with one attached hydrogen (secondary N) is 2. The van der Waals surface area contributed by atoms with Crippen molar-refractivity contribution < 1.29 is 30.8 Å². The number of rotatable bonds is 5. The first-order chi connectivity index (χ1) is 13.7. The number of halogens is 3. The van der Waals surface area contributed by atoms with E-state index >= 15 is 0 Å². The topological polar surface area (TPSA) is 101 Å². The van der Waals surface area contributed by atoms with Gasteiger partial charge in [0.2, 0.25) is 9.84 Å². The zero-order chi connectivity index (χ0) is 21.1. The number of amides is 2. The van der Waals surface area contributed by atoms with Crippen LogP contribution in [0.15, 0.2) is 75.3 Å². The maximum Gasteiger partial charge on any atom is 0.416 e. The zero-order valence-corrected chi connectivity index (χ0v) is 15.4. The minimum atomic E-state index is -4.65. The summed E-state index contributed by atoms with van der Waals surface area (Å²) in [6.07, 6.45) is -2.00. The lowest BCUT2D eigenvalue weighted by Crippen LogP contribution is -2.28. The number of benzene rings is 2. The second-order valence-corrected chi connectivity index (χ2v) is 7.78. The van der Waals surface area contributed by atoms with Crippen molar-refractivity contribution in [3.8, 4) is 0 Å². The molecule has 2 aromatic carbocycles. The highest BCUT2D eigenvalue weighted by atomic mass is 32.2. The molecule has 3 rings (SSSR count). The number of hydrogen-bond acceptors (Lipinski definition) is 5. The van der Waals surface area contributed by atoms with Crippen LogP contribution < -0.4 is 10.6 Å². The Labute approximate surface area is 163 Å². The minimum absolute atomic E-state index is 0.105. The molecule has 0 saturated carbocycles. The Balaban J connectivity index is 1.71. The second-order valence-electron chi connectivity index (χ2n) is 5.83. The zero-order valence-electron chi connectivity index (χ0n) is 14.6. The van der Waals surface area contributed by atoms with Gasteiger partial charge < -0.3 is 15.1 Å². The maximum atomic E-state index is 12.8. The quantitative estimate of drug-likeness (QED) is 0.647. The number of urea groups is 1. The van der Waals surface area contributed by atoms with Gasteiger partial charge in [-0.1, -0.05) is 6.07 Å². The molecule has 0 fully saturated rings. The van der Waals surface area contributed by atoms with Gasteiger partial charge in [-0.2, -0.15) is 13.2 Å². The summed E-state index contributed by atoms with van der Waals surface area (Å²) in [7, 11) is -4.15. The van der Waals surface area contributed by atoms with E-state index in [2.05, 4.69) is 15.6 Å². The number of hydrogen-bond donors (Lipinski definition) is 2. The van der Waals surface area contributed by atoms with E-state index < -0.39 is 32.5 Å². The lowest BCUT2D eigenvalue weighted by atomic mass is 10.2. The fraction of sp³-hybridized carbons (Fsp3) is 0.111. The number of nitrogens with zero attached hydrogens (tertiary/aromatic N) is 1. The number of anilines is 1. The molecular weight excluding hydrogens is 411 g/mol. The van der Waals surface area contributed by atoms with Crippen molar-refractivity contribution in [2.45, 2.75) is 22.5 Å². The van der Waals surface area contributed by atoms with E-state index in [-0.39, 0.29) is 11.4 Å². The molecule has 152 valence electrons. The number of alkyl halides is 3. The lowest BCUT2D eigenvalue weighted by Gasteiger charge is -2.10. The predicted octanol–water partition coefficient (Wildman–Crippen LogP) is 3.85. The third-order valence-corrected chi connectivity index (χ3v) is 5.57. The van der Waals surface area contributed by atoms with Crippen LogP contribution in [-0.4, -0.2) is 19.4 Å². The van der Waals surface area contributed by atoms with Crippen LogP contribution in [0.25, 0.3) is 0 Å². The number of oxazole rings is 1. The largest absolute Gasteiger partial charge is 0.447 e. The van der Waals surface area contributed by atoms with Gasteiger partial charge in [0.05, 0.1) is 28.1 Å². The SMILES string of the molecule is O=C(NCc1cnco1)Nc1ccc(S(=O)(=O)c2cccc(C(F)(F)F)c2)cc1. The summed E-state index contributed by atoms with van der Waals surface area (Å²) >= 11 is 0. The highest BCUT2D eigenvalue weighted by Crippen LogP contribution is 2.32. The van der Waals surface area contributed by atoms with Crippen molar-refractivity contribution >= 4 is 21.6 Å². The van der Waals surface area contributed by atoms with Crippen LogP contribution in [0.4, 0.5) is 23.7 Å². The van der Waals surface area contributed by atoms with Crippen LogP contribution in [0.3, 0.4) is 0 Å². The van der Waals surface area contributed by atoms with Crippen LogP contribution in [0.2, 0.25) is 0 Å². The van der Waals surface area contributed by atoms with Crippen molar-refractivity contribution in [2.24, 2.45) is 0 Å². The van der Waals surface area contributed by atoms with Crippen molar-refractivity contribution in [2.75, 3.05) is 5.32 Å². The molecule has 0 bridgehead atoms. The fourth-order valence-electron chi connectivity index (χ4n) is 2.37. The Hall–Kier alpha value is -3.34. The lowest BCUT2D eigenvalue weighted by molar-refractivity contribution is -0.137. The smallest absolute Gasteiger partial charge is 0.416 e. The Morgan fingerprint density at radius 1 is 1.07 bits per heavy atom. The molecule has 11 heteroatoms. The maximum absolute atomic E-state index is 12.8. The summed E-state index contributed by atoms with van der Waals surface area (Å²) in [4.78, 5) is 14.9. The van der Waals surface area contributed by atoms with E-state index in [1.165, 1.54) is 36.9 Å². The van der Waals surface area contributed by atoms with Gasteiger partial charge >= 0.3 is 12.2 Å². The Kier molecular flexibility index (Phi) is 5.59. The van der Waals surface area contributed by atoms with E-state index in [9.17, 15) is 26.4 Å². The third kappa shape index (κ3) is 4.93. The molecule has 0 unspecified atom stereocenters. The average Bonchev–Trinajstić information content (AvgIpc) is 3.20. The van der Waals surface area contributed by atoms with Crippen LogP contribution in [0.5, 0.6) is 0 Å². The van der Waals surface area contributed by atoms with Crippen molar-refractivity contribution in [3.63, 3.8) is 0 Å². The molecule has 0 spiro atoms. The summed E-state index contributed by atoms with van der Waals surface area (Å²) in [6, 6.07) is 7.99. The predicted molar refractivity (Wildman–Crippen MR) is 95.7 cm³/mol. The van der Waals surface area contributed by atoms with Crippen LogP contribution in [0.1, 0.15) is 11.3 Å². The number of carbonyl (C=O) groups excluding carboxylic acids is 1. The molecule has 29 heavy (non-hydrogen) atoms. The minimum Gasteiger partial charge on any atom is -0.447 e.